The first-order valence-corrected chi connectivity index (χ1v) is 7.56. The number of aliphatic hydroxyl groups excluding tert-OH is 1. The number of aliphatic hydroxyl groups is 1. The normalized spacial score (nSPS) is 13.8. The minimum Gasteiger partial charge on any atom is -0.493 e. The molecule has 2 unspecified atom stereocenters. The van der Waals surface area contributed by atoms with E-state index in [-0.39, 0.29) is 0 Å². The molecule has 20 heavy (non-hydrogen) atoms. The monoisotopic (exact) mass is 280 g/mol. The first-order chi connectivity index (χ1) is 9.65. The van der Waals surface area contributed by atoms with Crippen molar-refractivity contribution in [2.75, 3.05) is 14.2 Å². The fraction of sp³-hybridized carbons (Fsp3) is 0.647. The Balaban J connectivity index is 2.73. The van der Waals surface area contributed by atoms with Gasteiger partial charge in [0.1, 0.15) is 0 Å². The number of hydrogen-bond acceptors (Lipinski definition) is 3. The van der Waals surface area contributed by atoms with E-state index in [9.17, 15) is 5.11 Å². The van der Waals surface area contributed by atoms with Crippen molar-refractivity contribution in [1.82, 2.24) is 0 Å². The third-order valence-electron chi connectivity index (χ3n) is 3.89. The zero-order valence-corrected chi connectivity index (χ0v) is 13.2. The molecule has 2 atom stereocenters. The Bertz CT molecular complexity index is 390. The molecule has 3 heteroatoms. The predicted octanol–water partition coefficient (Wildman–Crippen LogP) is 4.34. The van der Waals surface area contributed by atoms with Gasteiger partial charge in [0, 0.05) is 0 Å². The van der Waals surface area contributed by atoms with Crippen LogP contribution in [0.3, 0.4) is 0 Å². The summed E-state index contributed by atoms with van der Waals surface area (Å²) in [5, 5.41) is 10.4. The number of benzene rings is 1. The summed E-state index contributed by atoms with van der Waals surface area (Å²) in [6, 6.07) is 5.64. The highest BCUT2D eigenvalue weighted by Crippen LogP contribution is 2.33. The van der Waals surface area contributed by atoms with E-state index in [0.29, 0.717) is 17.4 Å². The second kappa shape index (κ2) is 8.85. The molecule has 0 bridgehead atoms. The van der Waals surface area contributed by atoms with E-state index >= 15 is 0 Å². The molecular weight excluding hydrogens is 252 g/mol. The summed E-state index contributed by atoms with van der Waals surface area (Å²) in [5.74, 6) is 1.95. The summed E-state index contributed by atoms with van der Waals surface area (Å²) in [4.78, 5) is 0. The van der Waals surface area contributed by atoms with Crippen molar-refractivity contribution in [3.05, 3.63) is 23.8 Å². The largest absolute Gasteiger partial charge is 0.493 e. The second-order valence-corrected chi connectivity index (χ2v) is 5.28. The molecule has 1 aromatic carbocycles. The van der Waals surface area contributed by atoms with Gasteiger partial charge in [-0.25, -0.2) is 0 Å². The van der Waals surface area contributed by atoms with Gasteiger partial charge in [0.25, 0.3) is 0 Å². The Kier molecular flexibility index (Phi) is 7.45. The van der Waals surface area contributed by atoms with E-state index < -0.39 is 6.10 Å². The van der Waals surface area contributed by atoms with Crippen molar-refractivity contribution >= 4 is 0 Å². The molecule has 0 saturated heterocycles. The molecule has 0 aliphatic rings. The standard InChI is InChI=1S/C17H28O3/c1-5-7-8-13(6-2)11-15(18)14-9-10-16(19-3)17(12-14)20-4/h9-10,12-13,15,18H,5-8,11H2,1-4H3. The van der Waals surface area contributed by atoms with Gasteiger partial charge in [-0.2, -0.15) is 0 Å². The average Bonchev–Trinajstić information content (AvgIpc) is 2.50. The van der Waals surface area contributed by atoms with E-state index in [4.69, 9.17) is 9.47 Å². The predicted molar refractivity (Wildman–Crippen MR) is 82.4 cm³/mol. The summed E-state index contributed by atoms with van der Waals surface area (Å²) in [5.41, 5.74) is 0.901. The first-order valence-electron chi connectivity index (χ1n) is 7.56. The van der Waals surface area contributed by atoms with Crippen LogP contribution in [-0.2, 0) is 0 Å². The van der Waals surface area contributed by atoms with E-state index in [2.05, 4.69) is 13.8 Å². The van der Waals surface area contributed by atoms with E-state index in [1.54, 1.807) is 14.2 Å². The Morgan fingerprint density at radius 1 is 1.10 bits per heavy atom. The molecule has 0 aliphatic heterocycles. The lowest BCUT2D eigenvalue weighted by atomic mass is 9.90. The SMILES string of the molecule is CCCCC(CC)CC(O)c1ccc(OC)c(OC)c1. The minimum atomic E-state index is -0.434. The van der Waals surface area contributed by atoms with Gasteiger partial charge in [0.15, 0.2) is 11.5 Å². The van der Waals surface area contributed by atoms with E-state index in [1.807, 2.05) is 18.2 Å². The van der Waals surface area contributed by atoms with Crippen LogP contribution in [0, 0.1) is 5.92 Å². The van der Waals surface area contributed by atoms with Gasteiger partial charge in [-0.05, 0) is 30.0 Å². The number of hydrogen-bond donors (Lipinski definition) is 1. The van der Waals surface area contributed by atoms with Crippen molar-refractivity contribution in [3.63, 3.8) is 0 Å². The Labute approximate surface area is 122 Å². The van der Waals surface area contributed by atoms with Crippen molar-refractivity contribution in [2.24, 2.45) is 5.92 Å². The quantitative estimate of drug-likeness (QED) is 0.731. The third kappa shape index (κ3) is 4.71. The maximum atomic E-state index is 10.4. The van der Waals surface area contributed by atoms with Crippen molar-refractivity contribution in [3.8, 4) is 11.5 Å². The van der Waals surface area contributed by atoms with Crippen LogP contribution in [0.5, 0.6) is 11.5 Å². The van der Waals surface area contributed by atoms with Crippen LogP contribution in [0.25, 0.3) is 0 Å². The highest BCUT2D eigenvalue weighted by atomic mass is 16.5. The molecule has 1 N–H and O–H groups in total. The van der Waals surface area contributed by atoms with Gasteiger partial charge in [0.2, 0.25) is 0 Å². The summed E-state index contributed by atoms with van der Waals surface area (Å²) >= 11 is 0. The molecule has 1 aromatic rings. The summed E-state index contributed by atoms with van der Waals surface area (Å²) in [7, 11) is 3.23. The molecule has 0 amide bonds. The zero-order chi connectivity index (χ0) is 15.0. The lowest BCUT2D eigenvalue weighted by Gasteiger charge is -2.20. The van der Waals surface area contributed by atoms with Gasteiger partial charge < -0.3 is 14.6 Å². The molecule has 1 rings (SSSR count). The van der Waals surface area contributed by atoms with Crippen LogP contribution in [0.2, 0.25) is 0 Å². The molecule has 0 spiro atoms. The van der Waals surface area contributed by atoms with Gasteiger partial charge >= 0.3 is 0 Å². The molecule has 3 nitrogen and oxygen atoms in total. The Morgan fingerprint density at radius 2 is 1.80 bits per heavy atom. The van der Waals surface area contributed by atoms with Gasteiger partial charge in [-0.15, -0.1) is 0 Å². The highest BCUT2D eigenvalue weighted by Gasteiger charge is 2.16. The molecule has 0 saturated carbocycles. The van der Waals surface area contributed by atoms with Crippen molar-refractivity contribution in [1.29, 1.82) is 0 Å². The van der Waals surface area contributed by atoms with Crippen molar-refractivity contribution in [2.45, 2.75) is 52.1 Å². The molecule has 114 valence electrons. The molecule has 0 heterocycles. The van der Waals surface area contributed by atoms with Gasteiger partial charge in [-0.1, -0.05) is 45.6 Å². The smallest absolute Gasteiger partial charge is 0.161 e. The van der Waals surface area contributed by atoms with Crippen LogP contribution >= 0.6 is 0 Å². The van der Waals surface area contributed by atoms with Gasteiger partial charge in [0.05, 0.1) is 20.3 Å². The van der Waals surface area contributed by atoms with E-state index in [1.165, 1.54) is 19.3 Å². The zero-order valence-electron chi connectivity index (χ0n) is 13.2. The lowest BCUT2D eigenvalue weighted by Crippen LogP contribution is -2.07. The summed E-state index contributed by atoms with van der Waals surface area (Å²) in [6.45, 7) is 4.40. The number of methoxy groups -OCH3 is 2. The third-order valence-corrected chi connectivity index (χ3v) is 3.89. The van der Waals surface area contributed by atoms with Crippen LogP contribution in [-0.4, -0.2) is 19.3 Å². The fourth-order valence-corrected chi connectivity index (χ4v) is 2.49. The van der Waals surface area contributed by atoms with Crippen LogP contribution in [0.15, 0.2) is 18.2 Å². The van der Waals surface area contributed by atoms with Crippen LogP contribution in [0.4, 0.5) is 0 Å². The van der Waals surface area contributed by atoms with Crippen molar-refractivity contribution < 1.29 is 14.6 Å². The highest BCUT2D eigenvalue weighted by molar-refractivity contribution is 5.43. The molecule has 0 aliphatic carbocycles. The minimum absolute atomic E-state index is 0.434. The average molecular weight is 280 g/mol. The number of unbranched alkanes of at least 4 members (excludes halogenated alkanes) is 1. The summed E-state index contributed by atoms with van der Waals surface area (Å²) < 4.78 is 10.5. The Hall–Kier alpha value is -1.22. The molecular formula is C17H28O3. The maximum Gasteiger partial charge on any atom is 0.161 e. The molecule has 0 radical (unpaired) electrons. The van der Waals surface area contributed by atoms with Crippen LogP contribution < -0.4 is 9.47 Å². The lowest BCUT2D eigenvalue weighted by molar-refractivity contribution is 0.138. The topological polar surface area (TPSA) is 38.7 Å². The van der Waals surface area contributed by atoms with Gasteiger partial charge in [-0.3, -0.25) is 0 Å². The van der Waals surface area contributed by atoms with Crippen LogP contribution in [0.1, 0.15) is 57.6 Å². The van der Waals surface area contributed by atoms with E-state index in [0.717, 1.165) is 18.4 Å². The Morgan fingerprint density at radius 3 is 2.35 bits per heavy atom. The maximum absolute atomic E-state index is 10.4. The first kappa shape index (κ1) is 16.8. The number of rotatable bonds is 9. The molecule has 0 aromatic heterocycles. The number of ether oxygens (including phenoxy) is 2. The molecule has 0 fully saturated rings. The fourth-order valence-electron chi connectivity index (χ4n) is 2.49. The summed E-state index contributed by atoms with van der Waals surface area (Å²) in [6.07, 6.45) is 5.13. The second-order valence-electron chi connectivity index (χ2n) is 5.28.